The Morgan fingerprint density at radius 2 is 1.94 bits per heavy atom. The smallest absolute Gasteiger partial charge is 0.123 e. The Morgan fingerprint density at radius 1 is 1.24 bits per heavy atom. The molecule has 0 saturated carbocycles. The topological polar surface area (TPSA) is 21.3 Å². The Balaban J connectivity index is 2.16. The van der Waals surface area contributed by atoms with Crippen LogP contribution >= 0.6 is 0 Å². The van der Waals surface area contributed by atoms with E-state index in [1.165, 1.54) is 31.4 Å². The lowest BCUT2D eigenvalue weighted by molar-refractivity contribution is 0.217. The quantitative estimate of drug-likeness (QED) is 0.702. The van der Waals surface area contributed by atoms with E-state index < -0.39 is 0 Å². The molecule has 0 aliphatic carbocycles. The number of halogens is 1. The van der Waals surface area contributed by atoms with Crippen LogP contribution in [0.15, 0.2) is 24.3 Å². The van der Waals surface area contributed by atoms with Gasteiger partial charge in [0.05, 0.1) is 0 Å². The molecule has 0 heterocycles. The van der Waals surface area contributed by atoms with Crippen molar-refractivity contribution in [2.75, 3.05) is 13.1 Å². The van der Waals surface area contributed by atoms with Crippen LogP contribution in [0.2, 0.25) is 0 Å². The number of rotatable bonds is 8. The van der Waals surface area contributed by atoms with Crippen molar-refractivity contribution in [2.24, 2.45) is 0 Å². The molecule has 1 atom stereocenters. The lowest BCUT2D eigenvalue weighted by Gasteiger charge is -2.15. The Morgan fingerprint density at radius 3 is 2.59 bits per heavy atom. The third-order valence-corrected chi connectivity index (χ3v) is 2.54. The first kappa shape index (κ1) is 14.0. The molecule has 3 heteroatoms. The Kier molecular flexibility index (Phi) is 6.63. The molecule has 1 rings (SSSR count). The van der Waals surface area contributed by atoms with Crippen LogP contribution in [-0.4, -0.2) is 19.2 Å². The summed E-state index contributed by atoms with van der Waals surface area (Å²) in [4.78, 5) is 0. The molecule has 96 valence electrons. The van der Waals surface area contributed by atoms with Gasteiger partial charge in [-0.2, -0.15) is 0 Å². The maximum atomic E-state index is 12.7. The fraction of sp³-hybridized carbons (Fsp3) is 0.571. The van der Waals surface area contributed by atoms with Gasteiger partial charge in [0.1, 0.15) is 17.7 Å². The van der Waals surface area contributed by atoms with Gasteiger partial charge in [-0.3, -0.25) is 0 Å². The van der Waals surface area contributed by atoms with Gasteiger partial charge in [0.25, 0.3) is 0 Å². The first-order valence-corrected chi connectivity index (χ1v) is 6.35. The van der Waals surface area contributed by atoms with Gasteiger partial charge in [-0.15, -0.1) is 0 Å². The molecule has 0 aliphatic rings. The highest BCUT2D eigenvalue weighted by Crippen LogP contribution is 2.12. The summed E-state index contributed by atoms with van der Waals surface area (Å²) in [6, 6.07) is 6.14. The number of ether oxygens (including phenoxy) is 1. The van der Waals surface area contributed by atoms with E-state index in [0.29, 0.717) is 5.75 Å². The Hall–Kier alpha value is -1.09. The molecular weight excluding hydrogens is 217 g/mol. The summed E-state index contributed by atoms with van der Waals surface area (Å²) < 4.78 is 18.3. The van der Waals surface area contributed by atoms with Crippen LogP contribution in [0, 0.1) is 5.82 Å². The minimum absolute atomic E-state index is 0.0992. The van der Waals surface area contributed by atoms with Crippen LogP contribution in [0.3, 0.4) is 0 Å². The highest BCUT2D eigenvalue weighted by molar-refractivity contribution is 5.22. The van der Waals surface area contributed by atoms with E-state index in [9.17, 15) is 4.39 Å². The SMILES string of the molecule is CCCCCNCC(C)Oc1ccc(F)cc1. The van der Waals surface area contributed by atoms with E-state index in [2.05, 4.69) is 12.2 Å². The second-order valence-corrected chi connectivity index (χ2v) is 4.29. The molecule has 0 fully saturated rings. The summed E-state index contributed by atoms with van der Waals surface area (Å²) in [5, 5.41) is 3.35. The van der Waals surface area contributed by atoms with Gasteiger partial charge in [0.2, 0.25) is 0 Å². The number of benzene rings is 1. The van der Waals surface area contributed by atoms with Crippen LogP contribution in [0.4, 0.5) is 4.39 Å². The molecule has 17 heavy (non-hydrogen) atoms. The van der Waals surface area contributed by atoms with Gasteiger partial charge < -0.3 is 10.1 Å². The molecule has 0 saturated heterocycles. The van der Waals surface area contributed by atoms with Crippen LogP contribution in [0.1, 0.15) is 33.1 Å². The molecule has 1 aromatic rings. The minimum Gasteiger partial charge on any atom is -0.489 e. The van der Waals surface area contributed by atoms with E-state index in [1.807, 2.05) is 6.92 Å². The average molecular weight is 239 g/mol. The maximum absolute atomic E-state index is 12.7. The summed E-state index contributed by atoms with van der Waals surface area (Å²) in [5.74, 6) is 0.483. The van der Waals surface area contributed by atoms with Crippen molar-refractivity contribution in [1.82, 2.24) is 5.32 Å². The van der Waals surface area contributed by atoms with Crippen molar-refractivity contribution in [3.8, 4) is 5.75 Å². The molecule has 2 nitrogen and oxygen atoms in total. The standard InChI is InChI=1S/C14H22FNO/c1-3-4-5-10-16-11-12(2)17-14-8-6-13(15)7-9-14/h6-9,12,16H,3-5,10-11H2,1-2H3. The highest BCUT2D eigenvalue weighted by Gasteiger charge is 2.03. The van der Waals surface area contributed by atoms with Gasteiger partial charge in [-0.25, -0.2) is 4.39 Å². The summed E-state index contributed by atoms with van der Waals surface area (Å²) in [5.41, 5.74) is 0. The first-order valence-electron chi connectivity index (χ1n) is 6.35. The highest BCUT2D eigenvalue weighted by atomic mass is 19.1. The number of nitrogens with one attached hydrogen (secondary N) is 1. The van der Waals surface area contributed by atoms with E-state index in [-0.39, 0.29) is 11.9 Å². The molecule has 0 bridgehead atoms. The molecule has 0 spiro atoms. The predicted molar refractivity (Wildman–Crippen MR) is 68.9 cm³/mol. The lowest BCUT2D eigenvalue weighted by Crippen LogP contribution is -2.29. The molecule has 0 aromatic heterocycles. The van der Waals surface area contributed by atoms with Crippen molar-refractivity contribution >= 4 is 0 Å². The summed E-state index contributed by atoms with van der Waals surface area (Å²) in [6.07, 6.45) is 3.81. The largest absolute Gasteiger partial charge is 0.489 e. The average Bonchev–Trinajstić information content (AvgIpc) is 2.32. The third kappa shape index (κ3) is 6.27. The van der Waals surface area contributed by atoms with Gasteiger partial charge in [0.15, 0.2) is 0 Å². The van der Waals surface area contributed by atoms with Crippen molar-refractivity contribution in [1.29, 1.82) is 0 Å². The molecular formula is C14H22FNO. The normalized spacial score (nSPS) is 12.4. The number of hydrogen-bond donors (Lipinski definition) is 1. The first-order chi connectivity index (χ1) is 8.22. The number of unbranched alkanes of at least 4 members (excludes halogenated alkanes) is 2. The lowest BCUT2D eigenvalue weighted by atomic mass is 10.2. The zero-order valence-electron chi connectivity index (χ0n) is 10.7. The van der Waals surface area contributed by atoms with E-state index in [4.69, 9.17) is 4.74 Å². The summed E-state index contributed by atoms with van der Waals surface area (Å²) in [7, 11) is 0. The molecule has 1 aromatic carbocycles. The monoisotopic (exact) mass is 239 g/mol. The van der Waals surface area contributed by atoms with Crippen molar-refractivity contribution in [2.45, 2.75) is 39.2 Å². The molecule has 0 aliphatic heterocycles. The fourth-order valence-corrected chi connectivity index (χ4v) is 1.59. The third-order valence-electron chi connectivity index (χ3n) is 2.54. The van der Waals surface area contributed by atoms with Crippen LogP contribution < -0.4 is 10.1 Å². The minimum atomic E-state index is -0.234. The zero-order chi connectivity index (χ0) is 12.5. The van der Waals surface area contributed by atoms with Gasteiger partial charge >= 0.3 is 0 Å². The van der Waals surface area contributed by atoms with Gasteiger partial charge in [0, 0.05) is 6.54 Å². The van der Waals surface area contributed by atoms with Crippen LogP contribution in [0.25, 0.3) is 0 Å². The summed E-state index contributed by atoms with van der Waals surface area (Å²) >= 11 is 0. The van der Waals surface area contributed by atoms with Crippen molar-refractivity contribution < 1.29 is 9.13 Å². The maximum Gasteiger partial charge on any atom is 0.123 e. The second kappa shape index (κ2) is 8.07. The van der Waals surface area contributed by atoms with E-state index >= 15 is 0 Å². The zero-order valence-corrected chi connectivity index (χ0v) is 10.7. The van der Waals surface area contributed by atoms with Crippen molar-refractivity contribution in [3.05, 3.63) is 30.1 Å². The van der Waals surface area contributed by atoms with Gasteiger partial charge in [-0.05, 0) is 44.2 Å². The van der Waals surface area contributed by atoms with Crippen LogP contribution in [-0.2, 0) is 0 Å². The van der Waals surface area contributed by atoms with Gasteiger partial charge in [-0.1, -0.05) is 19.8 Å². The van der Waals surface area contributed by atoms with E-state index in [1.54, 1.807) is 12.1 Å². The van der Waals surface area contributed by atoms with E-state index in [0.717, 1.165) is 13.1 Å². The molecule has 0 amide bonds. The number of hydrogen-bond acceptors (Lipinski definition) is 2. The predicted octanol–water partition coefficient (Wildman–Crippen LogP) is 3.37. The Labute approximate surface area is 103 Å². The Bertz CT molecular complexity index is 300. The van der Waals surface area contributed by atoms with Crippen LogP contribution in [0.5, 0.6) is 5.75 Å². The molecule has 1 unspecified atom stereocenters. The van der Waals surface area contributed by atoms with Crippen molar-refractivity contribution in [3.63, 3.8) is 0 Å². The second-order valence-electron chi connectivity index (χ2n) is 4.29. The summed E-state index contributed by atoms with van der Waals surface area (Å²) in [6.45, 7) is 6.06. The molecule has 0 radical (unpaired) electrons. The fourth-order valence-electron chi connectivity index (χ4n) is 1.59. The molecule has 1 N–H and O–H groups in total.